The Morgan fingerprint density at radius 2 is 0.470 bits per heavy atom. The Balaban J connectivity index is 4.28. The van der Waals surface area contributed by atoms with E-state index < -0.39 is 6.10 Å². The van der Waals surface area contributed by atoms with Crippen LogP contribution in [0.4, 0.5) is 0 Å². The molecule has 0 fully saturated rings. The summed E-state index contributed by atoms with van der Waals surface area (Å²) in [6.45, 7) is 6.44. The highest BCUT2D eigenvalue weighted by Crippen LogP contribution is 2.17. The Hall–Kier alpha value is -4.19. The molecule has 0 aliphatic heterocycles. The maximum Gasteiger partial charge on any atom is 0.306 e. The van der Waals surface area contributed by atoms with E-state index in [1.165, 1.54) is 161 Å². The molecule has 0 aromatic heterocycles. The van der Waals surface area contributed by atoms with Gasteiger partial charge >= 0.3 is 17.9 Å². The number of carbonyl (C=O) groups is 3. The van der Waals surface area contributed by atoms with Gasteiger partial charge in [0.05, 0.1) is 0 Å². The molecule has 0 radical (unpaired) electrons. The zero-order valence-electron chi connectivity index (χ0n) is 54.4. The molecule has 0 aromatic carbocycles. The van der Waals surface area contributed by atoms with Gasteiger partial charge in [-0.3, -0.25) is 14.4 Å². The molecule has 0 saturated heterocycles. The standard InChI is InChI=1S/C77H130O6/c1-4-7-10-13-16-19-22-25-27-29-31-33-34-35-36-37-38-39-40-41-42-44-45-47-49-52-55-58-61-64-67-70-76(79)82-73-74(72-81-75(78)69-66-63-60-57-54-51-24-21-18-15-12-9-6-3)83-77(80)71-68-65-62-59-56-53-50-48-46-43-32-30-28-26-23-20-17-14-11-8-5-2/h7-8,10-11,16-17,19-20,25-28,31-33,35-36,38-39,43,74H,4-6,9,12-15,18,21-24,29-30,34,37,40-42,44-73H2,1-3H3/b10-7-,11-8-,19-16-,20-17-,27-25-,28-26-,33-31-,36-35-,39-38-,43-32-. The molecule has 0 aliphatic carbocycles. The van der Waals surface area contributed by atoms with Crippen molar-refractivity contribution in [1.82, 2.24) is 0 Å². The molecule has 6 nitrogen and oxygen atoms in total. The lowest BCUT2D eigenvalue weighted by Gasteiger charge is -2.18. The van der Waals surface area contributed by atoms with E-state index in [1.54, 1.807) is 0 Å². The average molecular weight is 1150 g/mol. The fraction of sp³-hybridized carbons (Fsp3) is 0.701. The summed E-state index contributed by atoms with van der Waals surface area (Å²) < 4.78 is 17.0. The first-order valence-corrected chi connectivity index (χ1v) is 35.0. The van der Waals surface area contributed by atoms with Gasteiger partial charge in [0.1, 0.15) is 13.2 Å². The van der Waals surface area contributed by atoms with Gasteiger partial charge in [0.2, 0.25) is 0 Å². The fourth-order valence-electron chi connectivity index (χ4n) is 9.79. The van der Waals surface area contributed by atoms with Gasteiger partial charge in [-0.25, -0.2) is 0 Å². The van der Waals surface area contributed by atoms with Crippen molar-refractivity contribution in [1.29, 1.82) is 0 Å². The third-order valence-electron chi connectivity index (χ3n) is 15.0. The number of carbonyl (C=O) groups excluding carboxylic acids is 3. The largest absolute Gasteiger partial charge is 0.462 e. The molecule has 0 amide bonds. The van der Waals surface area contributed by atoms with E-state index >= 15 is 0 Å². The van der Waals surface area contributed by atoms with Crippen molar-refractivity contribution < 1.29 is 28.6 Å². The summed E-state index contributed by atoms with van der Waals surface area (Å²) in [5.41, 5.74) is 0. The van der Waals surface area contributed by atoms with Crippen molar-refractivity contribution in [3.05, 3.63) is 122 Å². The minimum Gasteiger partial charge on any atom is -0.462 e. The number of allylic oxidation sites excluding steroid dienone is 20. The molecule has 0 aliphatic rings. The average Bonchev–Trinajstić information content (AvgIpc) is 3.49. The second kappa shape index (κ2) is 70.3. The quantitative estimate of drug-likeness (QED) is 0.0261. The molecule has 83 heavy (non-hydrogen) atoms. The van der Waals surface area contributed by atoms with Crippen molar-refractivity contribution in [3.8, 4) is 0 Å². The lowest BCUT2D eigenvalue weighted by Crippen LogP contribution is -2.30. The predicted octanol–water partition coefficient (Wildman–Crippen LogP) is 24.3. The van der Waals surface area contributed by atoms with Crippen LogP contribution in [0.2, 0.25) is 0 Å². The molecule has 0 spiro atoms. The second-order valence-electron chi connectivity index (χ2n) is 23.0. The van der Waals surface area contributed by atoms with Gasteiger partial charge in [0.15, 0.2) is 6.10 Å². The van der Waals surface area contributed by atoms with Gasteiger partial charge in [0, 0.05) is 19.3 Å². The van der Waals surface area contributed by atoms with Gasteiger partial charge < -0.3 is 14.2 Å². The van der Waals surface area contributed by atoms with Crippen LogP contribution in [-0.2, 0) is 28.6 Å². The van der Waals surface area contributed by atoms with E-state index in [9.17, 15) is 14.4 Å². The van der Waals surface area contributed by atoms with Crippen molar-refractivity contribution >= 4 is 17.9 Å². The molecule has 6 heteroatoms. The van der Waals surface area contributed by atoms with E-state index in [2.05, 4.69) is 142 Å². The SMILES string of the molecule is CC/C=C\C/C=C\C/C=C\C/C=C\C/C=C\C/C=C\CCCCCCCCCCCCCCC(=O)OCC(COC(=O)CCCCCCCCCCCCCCC)OC(=O)CCCCCCCCCC/C=C\C/C=C\C/C=C\C/C=C\CC. The third-order valence-corrected chi connectivity index (χ3v) is 15.0. The smallest absolute Gasteiger partial charge is 0.306 e. The van der Waals surface area contributed by atoms with Crippen molar-refractivity contribution in [3.63, 3.8) is 0 Å². The Kier molecular flexibility index (Phi) is 66.7. The van der Waals surface area contributed by atoms with Crippen LogP contribution in [0.25, 0.3) is 0 Å². The number of esters is 3. The molecule has 474 valence electrons. The van der Waals surface area contributed by atoms with Crippen LogP contribution in [0.15, 0.2) is 122 Å². The summed E-state index contributed by atoms with van der Waals surface area (Å²) in [6, 6.07) is 0. The number of rotatable bonds is 63. The predicted molar refractivity (Wildman–Crippen MR) is 362 cm³/mol. The molecule has 0 heterocycles. The molecule has 1 unspecified atom stereocenters. The Morgan fingerprint density at radius 3 is 0.735 bits per heavy atom. The first kappa shape index (κ1) is 78.8. The minimum absolute atomic E-state index is 0.0797. The Bertz CT molecular complexity index is 1700. The summed E-state index contributed by atoms with van der Waals surface area (Å²) in [5.74, 6) is -0.878. The lowest BCUT2D eigenvalue weighted by atomic mass is 10.0. The highest BCUT2D eigenvalue weighted by Gasteiger charge is 2.19. The molecule has 0 N–H and O–H groups in total. The van der Waals surface area contributed by atoms with E-state index in [0.29, 0.717) is 19.3 Å². The van der Waals surface area contributed by atoms with Crippen molar-refractivity contribution in [2.45, 2.75) is 335 Å². The highest BCUT2D eigenvalue weighted by atomic mass is 16.6. The fourth-order valence-corrected chi connectivity index (χ4v) is 9.79. The Labute approximate surface area is 513 Å². The van der Waals surface area contributed by atoms with Gasteiger partial charge in [0.25, 0.3) is 0 Å². The van der Waals surface area contributed by atoms with Gasteiger partial charge in [-0.2, -0.15) is 0 Å². The van der Waals surface area contributed by atoms with E-state index in [1.807, 2.05) is 0 Å². The molecular weight excluding hydrogens is 1020 g/mol. The molecule has 0 bridgehead atoms. The minimum atomic E-state index is -0.785. The first-order valence-electron chi connectivity index (χ1n) is 35.0. The zero-order valence-corrected chi connectivity index (χ0v) is 54.4. The van der Waals surface area contributed by atoms with E-state index in [4.69, 9.17) is 14.2 Å². The summed E-state index contributed by atoms with van der Waals surface area (Å²) in [4.78, 5) is 38.4. The monoisotopic (exact) mass is 1150 g/mol. The summed E-state index contributed by atoms with van der Waals surface area (Å²) >= 11 is 0. The number of unbranched alkanes of at least 4 members (excludes halogenated alkanes) is 32. The molecule has 0 rings (SSSR count). The summed E-state index contributed by atoms with van der Waals surface area (Å²) in [7, 11) is 0. The van der Waals surface area contributed by atoms with Crippen LogP contribution >= 0.6 is 0 Å². The molecular formula is C77H130O6. The van der Waals surface area contributed by atoms with E-state index in [0.717, 1.165) is 128 Å². The molecule has 1 atom stereocenters. The van der Waals surface area contributed by atoms with Crippen molar-refractivity contribution in [2.24, 2.45) is 0 Å². The topological polar surface area (TPSA) is 78.9 Å². The zero-order chi connectivity index (χ0) is 59.9. The van der Waals surface area contributed by atoms with Crippen molar-refractivity contribution in [2.75, 3.05) is 13.2 Å². The summed E-state index contributed by atoms with van der Waals surface area (Å²) in [5, 5.41) is 0. The Morgan fingerprint density at radius 1 is 0.253 bits per heavy atom. The van der Waals surface area contributed by atoms with Crippen LogP contribution in [-0.4, -0.2) is 37.2 Å². The van der Waals surface area contributed by atoms with Crippen LogP contribution < -0.4 is 0 Å². The number of ether oxygens (including phenoxy) is 3. The van der Waals surface area contributed by atoms with Crippen LogP contribution in [0, 0.1) is 0 Å². The first-order chi connectivity index (χ1) is 41.0. The maximum absolute atomic E-state index is 12.9. The lowest BCUT2D eigenvalue weighted by molar-refractivity contribution is -0.167. The summed E-state index contributed by atoms with van der Waals surface area (Å²) in [6.07, 6.45) is 97.9. The molecule has 0 saturated carbocycles. The number of hydrogen-bond donors (Lipinski definition) is 0. The number of hydrogen-bond acceptors (Lipinski definition) is 6. The second-order valence-corrected chi connectivity index (χ2v) is 23.0. The van der Waals surface area contributed by atoms with Crippen LogP contribution in [0.3, 0.4) is 0 Å². The van der Waals surface area contributed by atoms with E-state index in [-0.39, 0.29) is 31.1 Å². The molecule has 0 aromatic rings. The van der Waals surface area contributed by atoms with Gasteiger partial charge in [-0.1, -0.05) is 322 Å². The third kappa shape index (κ3) is 68.5. The van der Waals surface area contributed by atoms with Gasteiger partial charge in [-0.15, -0.1) is 0 Å². The van der Waals surface area contributed by atoms with Crippen LogP contribution in [0.1, 0.15) is 329 Å². The maximum atomic E-state index is 12.9. The van der Waals surface area contributed by atoms with Gasteiger partial charge in [-0.05, 0) is 109 Å². The normalized spacial score (nSPS) is 12.9. The van der Waals surface area contributed by atoms with Crippen LogP contribution in [0.5, 0.6) is 0 Å². The highest BCUT2D eigenvalue weighted by molar-refractivity contribution is 5.71.